The van der Waals surface area contributed by atoms with Crippen molar-refractivity contribution in [2.75, 3.05) is 26.4 Å². The average molecular weight is 983 g/mol. The van der Waals surface area contributed by atoms with Gasteiger partial charge in [-0.05, 0) is 88.8 Å². The van der Waals surface area contributed by atoms with E-state index in [0.717, 1.165) is 48.2 Å². The molecule has 16 nitrogen and oxygen atoms in total. The molecule has 6 aromatic rings. The first-order valence-electron chi connectivity index (χ1n) is 22.3. The fraction of sp³-hybridized carbons (Fsp3) is 0.478. The summed E-state index contributed by atoms with van der Waals surface area (Å²) < 4.78 is 126. The van der Waals surface area contributed by atoms with Crippen LogP contribution in [-0.2, 0) is 40.7 Å². The highest BCUT2D eigenvalue weighted by Gasteiger charge is 2.36. The Bertz CT molecular complexity index is 2670. The molecule has 0 radical (unpaired) electrons. The van der Waals surface area contributed by atoms with Crippen molar-refractivity contribution in [1.29, 1.82) is 0 Å². The number of ether oxygens (including phenoxy) is 2. The van der Waals surface area contributed by atoms with Crippen molar-refractivity contribution in [2.24, 2.45) is 0 Å². The quantitative estimate of drug-likeness (QED) is 0.0986. The molecular formula is C46H54F4N10O6S2. The van der Waals surface area contributed by atoms with E-state index in [4.69, 9.17) is 9.47 Å². The van der Waals surface area contributed by atoms with Crippen LogP contribution in [0.15, 0.2) is 61.2 Å². The molecule has 6 atom stereocenters. The van der Waals surface area contributed by atoms with Gasteiger partial charge in [-0.1, -0.05) is 26.0 Å². The van der Waals surface area contributed by atoms with Crippen LogP contribution in [0.2, 0.25) is 0 Å². The van der Waals surface area contributed by atoms with E-state index in [2.05, 4.69) is 40.3 Å². The minimum absolute atomic E-state index is 0.0477. The highest BCUT2D eigenvalue weighted by atomic mass is 32.2. The Hall–Kier alpha value is -5.58. The molecule has 0 bridgehead atoms. The zero-order valence-corrected chi connectivity index (χ0v) is 40.2. The molecule has 2 saturated heterocycles. The Morgan fingerprint density at radius 2 is 0.912 bits per heavy atom. The lowest BCUT2D eigenvalue weighted by atomic mass is 10.0. The fourth-order valence-corrected chi connectivity index (χ4v) is 11.2. The lowest BCUT2D eigenvalue weighted by molar-refractivity contribution is 0.0774. The van der Waals surface area contributed by atoms with Gasteiger partial charge in [0.05, 0.1) is 23.7 Å². The summed E-state index contributed by atoms with van der Waals surface area (Å²) in [6.07, 6.45) is 9.44. The van der Waals surface area contributed by atoms with Crippen LogP contribution >= 0.6 is 0 Å². The van der Waals surface area contributed by atoms with Gasteiger partial charge in [-0.3, -0.25) is 9.13 Å². The van der Waals surface area contributed by atoms with E-state index >= 15 is 0 Å². The van der Waals surface area contributed by atoms with Crippen molar-refractivity contribution in [2.45, 2.75) is 113 Å². The monoisotopic (exact) mass is 982 g/mol. The molecule has 2 aliphatic rings. The van der Waals surface area contributed by atoms with E-state index < -0.39 is 76.8 Å². The van der Waals surface area contributed by atoms with Gasteiger partial charge < -0.3 is 9.47 Å². The van der Waals surface area contributed by atoms with Crippen LogP contribution in [0.4, 0.5) is 17.6 Å². The van der Waals surface area contributed by atoms with Crippen LogP contribution in [0, 0.1) is 37.1 Å². The predicted octanol–water partition coefficient (Wildman–Crippen LogP) is 7.29. The van der Waals surface area contributed by atoms with Gasteiger partial charge in [0, 0.05) is 61.7 Å². The third kappa shape index (κ3) is 11.1. The lowest BCUT2D eigenvalue weighted by Crippen LogP contribution is -2.28. The van der Waals surface area contributed by atoms with Crippen LogP contribution in [0.5, 0.6) is 0 Å². The Kier molecular flexibility index (Phi) is 15.8. The SMILES string of the molecule is Cc1cnc([C@@H](C)[C@H](C)S(=O)(=O)Cc2nnc([C@@H]3CCCOC3)n2-c2c(F)cccc2F)nc1.Cc1cnc([C@@H](C)[C@H](C)S(=O)(=O)Cc2nnc([C@H]3CCCOC3)n2-c2c(F)cccc2F)nc1. The third-order valence-electron chi connectivity index (χ3n) is 12.5. The standard InChI is InChI=1S/2C23H27F2N5O3S/c2*1-14-10-26-22(27-11-14)15(2)16(3)34(31,32)13-20-28-29-23(17-6-5-9-33-12-17)30(20)21-18(24)7-4-8-19(21)25/h2*4,7-8,10-11,15-17H,5-6,9,12-13H2,1-3H3/t15-,16-,17+;15-,16-,17-/m00/s1. The molecule has 68 heavy (non-hydrogen) atoms. The van der Waals surface area contributed by atoms with Crippen LogP contribution in [0.3, 0.4) is 0 Å². The lowest BCUT2D eigenvalue weighted by Gasteiger charge is -2.23. The van der Waals surface area contributed by atoms with Crippen LogP contribution in [-0.4, -0.2) is 103 Å². The summed E-state index contributed by atoms with van der Waals surface area (Å²) in [6, 6.07) is 7.00. The minimum atomic E-state index is -3.82. The van der Waals surface area contributed by atoms with Gasteiger partial charge in [0.25, 0.3) is 0 Å². The van der Waals surface area contributed by atoms with E-state index in [1.54, 1.807) is 52.5 Å². The highest BCUT2D eigenvalue weighted by molar-refractivity contribution is 7.91. The summed E-state index contributed by atoms with van der Waals surface area (Å²) in [6.45, 7) is 12.1. The zero-order chi connectivity index (χ0) is 48.9. The topological polar surface area (TPSA) is 200 Å². The third-order valence-corrected chi connectivity index (χ3v) is 16.9. The first-order chi connectivity index (χ1) is 32.4. The van der Waals surface area contributed by atoms with Gasteiger partial charge in [-0.2, -0.15) is 0 Å². The van der Waals surface area contributed by atoms with Crippen LogP contribution in [0.1, 0.15) is 123 Å². The number of rotatable bonds is 14. The molecule has 0 spiro atoms. The van der Waals surface area contributed by atoms with Gasteiger partial charge in [-0.25, -0.2) is 54.3 Å². The van der Waals surface area contributed by atoms with E-state index in [-0.39, 0.29) is 46.5 Å². The molecule has 2 aromatic carbocycles. The van der Waals surface area contributed by atoms with Crippen molar-refractivity contribution in [1.82, 2.24) is 49.5 Å². The summed E-state index contributed by atoms with van der Waals surface area (Å²) in [4.78, 5) is 17.0. The number of nitrogens with zero attached hydrogens (tertiary/aromatic N) is 10. The Labute approximate surface area is 392 Å². The summed E-state index contributed by atoms with van der Waals surface area (Å²) in [5, 5.41) is 14.7. The second-order valence-corrected chi connectivity index (χ2v) is 22.1. The molecule has 364 valence electrons. The molecule has 4 aromatic heterocycles. The van der Waals surface area contributed by atoms with E-state index in [9.17, 15) is 34.4 Å². The summed E-state index contributed by atoms with van der Waals surface area (Å²) in [5.41, 5.74) is 0.957. The number of aryl methyl sites for hydroxylation is 2. The second-order valence-electron chi connectivity index (χ2n) is 17.4. The number of halogens is 4. The Morgan fingerprint density at radius 1 is 0.574 bits per heavy atom. The maximum atomic E-state index is 14.8. The van der Waals surface area contributed by atoms with Gasteiger partial charge >= 0.3 is 0 Å². The normalized spacial score (nSPS) is 18.6. The maximum absolute atomic E-state index is 14.8. The Morgan fingerprint density at radius 3 is 1.22 bits per heavy atom. The first kappa shape index (κ1) is 50.3. The Balaban J connectivity index is 0.000000201. The number of sulfone groups is 2. The number of hydrogen-bond acceptors (Lipinski definition) is 14. The maximum Gasteiger partial charge on any atom is 0.160 e. The summed E-state index contributed by atoms with van der Waals surface area (Å²) in [5.74, 6) is -4.62. The highest BCUT2D eigenvalue weighted by Crippen LogP contribution is 2.33. The molecule has 6 heterocycles. The largest absolute Gasteiger partial charge is 0.381 e. The van der Waals surface area contributed by atoms with Gasteiger partial charge in [0.1, 0.15) is 69.4 Å². The first-order valence-corrected chi connectivity index (χ1v) is 25.7. The van der Waals surface area contributed by atoms with Crippen molar-refractivity contribution < 1.29 is 43.9 Å². The fourth-order valence-electron chi connectivity index (χ4n) is 8.10. The van der Waals surface area contributed by atoms with Crippen molar-refractivity contribution in [3.8, 4) is 11.4 Å². The molecule has 0 amide bonds. The smallest absolute Gasteiger partial charge is 0.160 e. The predicted molar refractivity (Wildman–Crippen MR) is 243 cm³/mol. The van der Waals surface area contributed by atoms with Crippen molar-refractivity contribution in [3.63, 3.8) is 0 Å². The second kappa shape index (κ2) is 21.4. The molecule has 2 aliphatic heterocycles. The molecule has 8 rings (SSSR count). The van der Waals surface area contributed by atoms with Crippen LogP contribution in [0.25, 0.3) is 11.4 Å². The average Bonchev–Trinajstić information content (AvgIpc) is 3.92. The van der Waals surface area contributed by atoms with Crippen molar-refractivity contribution >= 4 is 19.7 Å². The van der Waals surface area contributed by atoms with E-state index in [1.165, 1.54) is 21.3 Å². The number of aromatic nitrogens is 10. The molecule has 0 unspecified atom stereocenters. The summed E-state index contributed by atoms with van der Waals surface area (Å²) >= 11 is 0. The molecule has 22 heteroatoms. The minimum Gasteiger partial charge on any atom is -0.381 e. The zero-order valence-electron chi connectivity index (χ0n) is 38.6. The number of benzene rings is 2. The number of para-hydroxylation sites is 2. The molecule has 0 N–H and O–H groups in total. The van der Waals surface area contributed by atoms with Crippen molar-refractivity contribution in [3.05, 3.63) is 131 Å². The molecule has 0 aliphatic carbocycles. The van der Waals surface area contributed by atoms with Gasteiger partial charge in [0.2, 0.25) is 0 Å². The van der Waals surface area contributed by atoms with E-state index in [1.807, 2.05) is 13.8 Å². The van der Waals surface area contributed by atoms with Gasteiger partial charge in [0.15, 0.2) is 31.3 Å². The molecule has 2 fully saturated rings. The molecular weight excluding hydrogens is 929 g/mol. The number of hydrogen-bond donors (Lipinski definition) is 0. The van der Waals surface area contributed by atoms with E-state index in [0.29, 0.717) is 50.9 Å². The van der Waals surface area contributed by atoms with Gasteiger partial charge in [-0.15, -0.1) is 20.4 Å². The summed E-state index contributed by atoms with van der Waals surface area (Å²) in [7, 11) is -7.65. The molecule has 0 saturated carbocycles. The van der Waals surface area contributed by atoms with Crippen LogP contribution < -0.4 is 0 Å².